The summed E-state index contributed by atoms with van der Waals surface area (Å²) in [5.41, 5.74) is 0.987. The molecule has 0 spiro atoms. The largest absolute Gasteiger partial charge is 0.416 e. The number of rotatable bonds is 2. The number of hydrazone groups is 1. The van der Waals surface area contributed by atoms with Gasteiger partial charge in [-0.15, -0.1) is 0 Å². The van der Waals surface area contributed by atoms with Crippen molar-refractivity contribution in [3.05, 3.63) is 34.9 Å². The van der Waals surface area contributed by atoms with E-state index in [2.05, 4.69) is 5.10 Å². The summed E-state index contributed by atoms with van der Waals surface area (Å²) >= 11 is 0. The van der Waals surface area contributed by atoms with Gasteiger partial charge in [0.25, 0.3) is 0 Å². The maximum Gasteiger partial charge on any atom is 0.416 e. The van der Waals surface area contributed by atoms with Crippen LogP contribution in [0.3, 0.4) is 0 Å². The van der Waals surface area contributed by atoms with Gasteiger partial charge >= 0.3 is 6.18 Å². The number of amidine groups is 1. The Labute approximate surface area is 94.2 Å². The predicted octanol–water partition coefficient (Wildman–Crippen LogP) is 0.602. The first kappa shape index (κ1) is 13.0. The van der Waals surface area contributed by atoms with Crippen molar-refractivity contribution in [3.63, 3.8) is 0 Å². The van der Waals surface area contributed by atoms with Gasteiger partial charge in [0.1, 0.15) is 0 Å². The molecule has 92 valence electrons. The molecular weight excluding hydrogens is 237 g/mol. The second kappa shape index (κ2) is 4.83. The van der Waals surface area contributed by atoms with Crippen molar-refractivity contribution in [2.24, 2.45) is 16.8 Å². The van der Waals surface area contributed by atoms with E-state index >= 15 is 0 Å². The second-order valence-corrected chi connectivity index (χ2v) is 3.04. The van der Waals surface area contributed by atoms with Gasteiger partial charge in [0.2, 0.25) is 0 Å². The first-order valence-electron chi connectivity index (χ1n) is 4.35. The molecule has 5 N–H and O–H groups in total. The van der Waals surface area contributed by atoms with Crippen molar-refractivity contribution in [3.8, 4) is 0 Å². The quantitative estimate of drug-likeness (QED) is 0.234. The Morgan fingerprint density at radius 2 is 2.06 bits per heavy atom. The van der Waals surface area contributed by atoms with E-state index in [0.29, 0.717) is 6.29 Å². The highest BCUT2D eigenvalue weighted by molar-refractivity contribution is 6.04. The van der Waals surface area contributed by atoms with Gasteiger partial charge in [0.05, 0.1) is 5.56 Å². The third-order valence-electron chi connectivity index (χ3n) is 2.03. The number of nitrogens with one attached hydrogen (secondary N) is 1. The molecule has 0 bridgehead atoms. The van der Waals surface area contributed by atoms with Gasteiger partial charge in [-0.3, -0.25) is 4.79 Å². The molecule has 17 heavy (non-hydrogen) atoms. The maximum atomic E-state index is 12.5. The van der Waals surface area contributed by atoms with Crippen LogP contribution in [-0.2, 0) is 6.18 Å². The minimum Gasteiger partial charge on any atom is -0.321 e. The van der Waals surface area contributed by atoms with Crippen LogP contribution in [-0.4, -0.2) is 12.1 Å². The third-order valence-corrected chi connectivity index (χ3v) is 2.03. The molecule has 0 radical (unpaired) electrons. The smallest absolute Gasteiger partial charge is 0.321 e. The number of nitrogens with two attached hydrogens (primary N) is 2. The van der Waals surface area contributed by atoms with Crippen LogP contribution in [0.2, 0.25) is 0 Å². The molecule has 0 aliphatic carbocycles. The predicted molar refractivity (Wildman–Crippen MR) is 54.9 cm³/mol. The summed E-state index contributed by atoms with van der Waals surface area (Å²) in [5.74, 6) is 9.78. The number of hydrogen-bond acceptors (Lipinski definition) is 4. The van der Waals surface area contributed by atoms with Gasteiger partial charge in [-0.1, -0.05) is 6.07 Å². The lowest BCUT2D eigenvalue weighted by Gasteiger charge is -2.11. The molecular formula is C9H9F3N4O. The Hall–Kier alpha value is -2.09. The molecule has 0 aliphatic rings. The van der Waals surface area contributed by atoms with Crippen LogP contribution < -0.4 is 17.1 Å². The van der Waals surface area contributed by atoms with Crippen LogP contribution >= 0.6 is 0 Å². The SMILES string of the molecule is N/N=C(\NN)c1cc(C(F)(F)F)ccc1C=O. The topological polar surface area (TPSA) is 93.5 Å². The molecule has 0 unspecified atom stereocenters. The van der Waals surface area contributed by atoms with Crippen LogP contribution in [0.15, 0.2) is 23.3 Å². The molecule has 5 nitrogen and oxygen atoms in total. The van der Waals surface area contributed by atoms with E-state index in [-0.39, 0.29) is 17.0 Å². The maximum absolute atomic E-state index is 12.5. The van der Waals surface area contributed by atoms with E-state index in [9.17, 15) is 18.0 Å². The van der Waals surface area contributed by atoms with Crippen molar-refractivity contribution in [1.29, 1.82) is 0 Å². The minimum atomic E-state index is -4.52. The van der Waals surface area contributed by atoms with Crippen LogP contribution in [0.1, 0.15) is 21.5 Å². The van der Waals surface area contributed by atoms with Gasteiger partial charge < -0.3 is 11.3 Å². The number of alkyl halides is 3. The number of nitrogens with zero attached hydrogens (tertiary/aromatic N) is 1. The minimum absolute atomic E-state index is 0.000139. The molecule has 0 aromatic heterocycles. The number of carbonyl (C=O) groups excluding carboxylic acids is 1. The van der Waals surface area contributed by atoms with E-state index in [4.69, 9.17) is 11.7 Å². The highest BCUT2D eigenvalue weighted by Crippen LogP contribution is 2.30. The summed E-state index contributed by atoms with van der Waals surface area (Å²) < 4.78 is 37.4. The number of benzene rings is 1. The summed E-state index contributed by atoms with van der Waals surface area (Å²) in [4.78, 5) is 10.7. The fourth-order valence-electron chi connectivity index (χ4n) is 1.23. The Morgan fingerprint density at radius 3 is 2.47 bits per heavy atom. The summed E-state index contributed by atoms with van der Waals surface area (Å²) in [7, 11) is 0. The van der Waals surface area contributed by atoms with Gasteiger partial charge in [-0.25, -0.2) is 5.84 Å². The van der Waals surface area contributed by atoms with Crippen LogP contribution in [0.5, 0.6) is 0 Å². The van der Waals surface area contributed by atoms with Crippen LogP contribution in [0.4, 0.5) is 13.2 Å². The lowest BCUT2D eigenvalue weighted by Crippen LogP contribution is -2.33. The molecule has 0 saturated heterocycles. The zero-order chi connectivity index (χ0) is 13.1. The number of hydrogen-bond donors (Lipinski definition) is 3. The fourth-order valence-corrected chi connectivity index (χ4v) is 1.23. The van der Waals surface area contributed by atoms with Gasteiger partial charge in [-0.2, -0.15) is 18.3 Å². The van der Waals surface area contributed by atoms with E-state index < -0.39 is 11.7 Å². The first-order valence-corrected chi connectivity index (χ1v) is 4.35. The fraction of sp³-hybridized carbons (Fsp3) is 0.111. The van der Waals surface area contributed by atoms with E-state index in [1.54, 1.807) is 0 Å². The molecule has 0 aliphatic heterocycles. The lowest BCUT2D eigenvalue weighted by atomic mass is 10.0. The zero-order valence-corrected chi connectivity index (χ0v) is 8.45. The Balaban J connectivity index is 3.40. The highest BCUT2D eigenvalue weighted by Gasteiger charge is 2.31. The molecule has 0 amide bonds. The van der Waals surface area contributed by atoms with Crippen molar-refractivity contribution in [2.45, 2.75) is 6.18 Å². The monoisotopic (exact) mass is 246 g/mol. The van der Waals surface area contributed by atoms with E-state index in [1.165, 1.54) is 0 Å². The van der Waals surface area contributed by atoms with Crippen molar-refractivity contribution in [2.75, 3.05) is 0 Å². The third kappa shape index (κ3) is 2.72. The molecule has 1 rings (SSSR count). The summed E-state index contributed by atoms with van der Waals surface area (Å²) in [5, 5.41) is 3.16. The van der Waals surface area contributed by atoms with Gasteiger partial charge in [0.15, 0.2) is 12.1 Å². The molecule has 0 heterocycles. The molecule has 0 fully saturated rings. The Bertz CT molecular complexity index is 456. The summed E-state index contributed by atoms with van der Waals surface area (Å²) in [6, 6.07) is 2.56. The van der Waals surface area contributed by atoms with Crippen LogP contribution in [0, 0.1) is 0 Å². The van der Waals surface area contributed by atoms with Crippen molar-refractivity contribution in [1.82, 2.24) is 5.43 Å². The number of halogens is 3. The molecule has 1 aromatic carbocycles. The van der Waals surface area contributed by atoms with Gasteiger partial charge in [0, 0.05) is 11.1 Å². The highest BCUT2D eigenvalue weighted by atomic mass is 19.4. The molecule has 0 atom stereocenters. The standard InChI is InChI=1S/C9H9F3N4O/c10-9(11,12)6-2-1-5(4-17)7(3-6)8(15-13)16-14/h1-4H,13-14H2,(H,15,16). The zero-order valence-electron chi connectivity index (χ0n) is 8.45. The molecule has 0 saturated carbocycles. The average Bonchev–Trinajstić information content (AvgIpc) is 2.29. The number of hydrazine groups is 1. The summed E-state index contributed by atoms with van der Waals surface area (Å²) in [6.07, 6.45) is -4.14. The van der Waals surface area contributed by atoms with Gasteiger partial charge in [-0.05, 0) is 12.1 Å². The first-order chi connectivity index (χ1) is 7.93. The number of carbonyl (C=O) groups is 1. The number of aldehydes is 1. The second-order valence-electron chi connectivity index (χ2n) is 3.04. The van der Waals surface area contributed by atoms with Crippen molar-refractivity contribution < 1.29 is 18.0 Å². The van der Waals surface area contributed by atoms with Crippen LogP contribution in [0.25, 0.3) is 0 Å². The van der Waals surface area contributed by atoms with E-state index in [1.807, 2.05) is 5.43 Å². The normalized spacial score (nSPS) is 12.4. The lowest BCUT2D eigenvalue weighted by molar-refractivity contribution is -0.137. The molecule has 8 heteroatoms. The summed E-state index contributed by atoms with van der Waals surface area (Å²) in [6.45, 7) is 0. The average molecular weight is 246 g/mol. The molecule has 1 aromatic rings. The Kier molecular flexibility index (Phi) is 3.69. The van der Waals surface area contributed by atoms with Crippen molar-refractivity contribution >= 4 is 12.1 Å². The Morgan fingerprint density at radius 1 is 1.41 bits per heavy atom. The van der Waals surface area contributed by atoms with E-state index in [0.717, 1.165) is 18.2 Å².